The van der Waals surface area contributed by atoms with E-state index >= 15 is 0 Å². The summed E-state index contributed by atoms with van der Waals surface area (Å²) in [5.74, 6) is 0.157. The minimum atomic E-state index is -0.161. The summed E-state index contributed by atoms with van der Waals surface area (Å²) in [6.07, 6.45) is 0. The molecule has 0 radical (unpaired) electrons. The molecule has 0 aliphatic carbocycles. The van der Waals surface area contributed by atoms with Crippen LogP contribution in [0.15, 0.2) is 24.3 Å². The van der Waals surface area contributed by atoms with Gasteiger partial charge in [-0.25, -0.2) is 0 Å². The molecular weight excluding hydrogens is 238 g/mol. The molecule has 0 aliphatic rings. The highest BCUT2D eigenvalue weighted by atomic mass is 35.5. The number of carbonyl (C=O) groups excluding carboxylic acids is 1. The molecule has 1 aromatic carbocycles. The molecule has 1 aromatic rings. The molecule has 1 unspecified atom stereocenters. The topological polar surface area (TPSA) is 38.3 Å². The summed E-state index contributed by atoms with van der Waals surface area (Å²) in [6.45, 7) is 2.88. The van der Waals surface area contributed by atoms with Crippen LogP contribution in [0.1, 0.15) is 18.1 Å². The summed E-state index contributed by atoms with van der Waals surface area (Å²) in [5, 5.41) is 2.87. The third kappa shape index (κ3) is 4.36. The Labute approximate surface area is 107 Å². The number of halogens is 1. The Morgan fingerprint density at radius 1 is 1.41 bits per heavy atom. The van der Waals surface area contributed by atoms with E-state index in [0.29, 0.717) is 19.0 Å². The maximum Gasteiger partial charge on any atom is 0.224 e. The molecule has 4 heteroatoms. The van der Waals surface area contributed by atoms with Gasteiger partial charge in [-0.15, -0.1) is 11.6 Å². The number of carbonyl (C=O) groups is 1. The molecule has 0 saturated heterocycles. The number of hydrogen-bond donors (Lipinski definition) is 1. The van der Waals surface area contributed by atoms with Gasteiger partial charge < -0.3 is 10.1 Å². The smallest absolute Gasteiger partial charge is 0.224 e. The lowest BCUT2D eigenvalue weighted by atomic mass is 10.1. The molecule has 0 spiro atoms. The van der Waals surface area contributed by atoms with Gasteiger partial charge in [0.1, 0.15) is 0 Å². The van der Waals surface area contributed by atoms with Crippen molar-refractivity contribution in [2.75, 3.05) is 13.0 Å². The Balaban J connectivity index is 2.59. The quantitative estimate of drug-likeness (QED) is 0.793. The minimum absolute atomic E-state index is 0.0211. The average Bonchev–Trinajstić information content (AvgIpc) is 2.36. The highest BCUT2D eigenvalue weighted by Crippen LogP contribution is 2.10. The van der Waals surface area contributed by atoms with Gasteiger partial charge in [0.05, 0.1) is 6.61 Å². The fourth-order valence-electron chi connectivity index (χ4n) is 1.45. The first kappa shape index (κ1) is 14.0. The number of methoxy groups -OCH3 is 1. The van der Waals surface area contributed by atoms with E-state index in [1.54, 1.807) is 7.11 Å². The van der Waals surface area contributed by atoms with Crippen LogP contribution in [0, 0.1) is 5.92 Å². The van der Waals surface area contributed by atoms with E-state index in [2.05, 4.69) is 5.32 Å². The SMILES string of the molecule is COCc1ccccc1CNC(=O)C(C)CCl. The van der Waals surface area contributed by atoms with E-state index in [1.807, 2.05) is 31.2 Å². The van der Waals surface area contributed by atoms with Crippen molar-refractivity contribution >= 4 is 17.5 Å². The maximum absolute atomic E-state index is 11.6. The van der Waals surface area contributed by atoms with Gasteiger partial charge in [-0.3, -0.25) is 4.79 Å². The molecule has 1 amide bonds. The molecule has 1 rings (SSSR count). The van der Waals surface area contributed by atoms with E-state index in [9.17, 15) is 4.79 Å². The van der Waals surface area contributed by atoms with Crippen LogP contribution in [0.2, 0.25) is 0 Å². The molecule has 94 valence electrons. The average molecular weight is 256 g/mol. The van der Waals surface area contributed by atoms with Gasteiger partial charge in [0.25, 0.3) is 0 Å². The number of benzene rings is 1. The number of ether oxygens (including phenoxy) is 1. The molecule has 0 saturated carbocycles. The first-order valence-electron chi connectivity index (χ1n) is 5.58. The molecular formula is C13H18ClNO2. The van der Waals surface area contributed by atoms with Gasteiger partial charge in [0, 0.05) is 25.5 Å². The van der Waals surface area contributed by atoms with E-state index in [1.165, 1.54) is 0 Å². The second-order valence-corrected chi connectivity index (χ2v) is 4.28. The van der Waals surface area contributed by atoms with E-state index in [4.69, 9.17) is 16.3 Å². The van der Waals surface area contributed by atoms with Crippen molar-refractivity contribution in [3.8, 4) is 0 Å². The third-order valence-corrected chi connectivity index (χ3v) is 3.01. The zero-order valence-corrected chi connectivity index (χ0v) is 11.0. The molecule has 1 atom stereocenters. The Kier molecular flexibility index (Phi) is 6.01. The summed E-state index contributed by atoms with van der Waals surface area (Å²) in [4.78, 5) is 11.6. The van der Waals surface area contributed by atoms with E-state index in [-0.39, 0.29) is 11.8 Å². The lowest BCUT2D eigenvalue weighted by Crippen LogP contribution is -2.29. The normalized spacial score (nSPS) is 12.2. The van der Waals surface area contributed by atoms with E-state index in [0.717, 1.165) is 11.1 Å². The minimum Gasteiger partial charge on any atom is -0.380 e. The molecule has 1 N–H and O–H groups in total. The number of rotatable bonds is 6. The maximum atomic E-state index is 11.6. The molecule has 0 bridgehead atoms. The van der Waals surface area contributed by atoms with Gasteiger partial charge in [-0.1, -0.05) is 31.2 Å². The van der Waals surface area contributed by atoms with Gasteiger partial charge in [0.15, 0.2) is 0 Å². The van der Waals surface area contributed by atoms with Crippen molar-refractivity contribution in [1.29, 1.82) is 0 Å². The monoisotopic (exact) mass is 255 g/mol. The number of amides is 1. The highest BCUT2D eigenvalue weighted by molar-refractivity contribution is 6.19. The summed E-state index contributed by atoms with van der Waals surface area (Å²) >= 11 is 5.63. The molecule has 0 aliphatic heterocycles. The van der Waals surface area contributed by atoms with Crippen molar-refractivity contribution in [2.45, 2.75) is 20.1 Å². The Morgan fingerprint density at radius 2 is 2.06 bits per heavy atom. The first-order chi connectivity index (χ1) is 8.19. The second kappa shape index (κ2) is 7.30. The van der Waals surface area contributed by atoms with Crippen LogP contribution >= 0.6 is 11.6 Å². The van der Waals surface area contributed by atoms with E-state index < -0.39 is 0 Å². The van der Waals surface area contributed by atoms with Crippen LogP contribution in [-0.4, -0.2) is 18.9 Å². The fourth-order valence-corrected chi connectivity index (χ4v) is 1.59. The lowest BCUT2D eigenvalue weighted by Gasteiger charge is -2.12. The second-order valence-electron chi connectivity index (χ2n) is 3.97. The van der Waals surface area contributed by atoms with Crippen molar-refractivity contribution in [1.82, 2.24) is 5.32 Å². The molecule has 0 fully saturated rings. The largest absolute Gasteiger partial charge is 0.380 e. The van der Waals surface area contributed by atoms with Crippen LogP contribution in [0.3, 0.4) is 0 Å². The van der Waals surface area contributed by atoms with Gasteiger partial charge in [0.2, 0.25) is 5.91 Å². The Hall–Kier alpha value is -1.06. The van der Waals surface area contributed by atoms with Crippen LogP contribution in [0.4, 0.5) is 0 Å². The zero-order chi connectivity index (χ0) is 12.7. The molecule has 3 nitrogen and oxygen atoms in total. The summed E-state index contributed by atoms with van der Waals surface area (Å²) < 4.78 is 5.11. The van der Waals surface area contributed by atoms with Crippen LogP contribution in [0.5, 0.6) is 0 Å². The van der Waals surface area contributed by atoms with Crippen LogP contribution in [0.25, 0.3) is 0 Å². The third-order valence-electron chi connectivity index (χ3n) is 2.55. The molecule has 17 heavy (non-hydrogen) atoms. The Morgan fingerprint density at radius 3 is 2.65 bits per heavy atom. The molecule has 0 aromatic heterocycles. The lowest BCUT2D eigenvalue weighted by molar-refractivity contribution is -0.124. The standard InChI is InChI=1S/C13H18ClNO2/c1-10(7-14)13(16)15-8-11-5-3-4-6-12(11)9-17-2/h3-6,10H,7-9H2,1-2H3,(H,15,16). The predicted octanol–water partition coefficient (Wildman–Crippen LogP) is 2.32. The highest BCUT2D eigenvalue weighted by Gasteiger charge is 2.11. The van der Waals surface area contributed by atoms with Crippen LogP contribution in [-0.2, 0) is 22.7 Å². The zero-order valence-electron chi connectivity index (χ0n) is 10.2. The van der Waals surface area contributed by atoms with Crippen molar-refractivity contribution in [3.63, 3.8) is 0 Å². The summed E-state index contributed by atoms with van der Waals surface area (Å²) in [7, 11) is 1.66. The summed E-state index contributed by atoms with van der Waals surface area (Å²) in [6, 6.07) is 7.89. The van der Waals surface area contributed by atoms with Gasteiger partial charge >= 0.3 is 0 Å². The van der Waals surface area contributed by atoms with Crippen molar-refractivity contribution in [2.24, 2.45) is 5.92 Å². The number of alkyl halides is 1. The number of nitrogens with one attached hydrogen (secondary N) is 1. The van der Waals surface area contributed by atoms with Crippen molar-refractivity contribution < 1.29 is 9.53 Å². The van der Waals surface area contributed by atoms with Crippen molar-refractivity contribution in [3.05, 3.63) is 35.4 Å². The Bertz CT molecular complexity index is 368. The van der Waals surface area contributed by atoms with Crippen LogP contribution < -0.4 is 5.32 Å². The molecule has 0 heterocycles. The summed E-state index contributed by atoms with van der Waals surface area (Å²) in [5.41, 5.74) is 2.17. The predicted molar refractivity (Wildman–Crippen MR) is 68.9 cm³/mol. The van der Waals surface area contributed by atoms with Gasteiger partial charge in [-0.2, -0.15) is 0 Å². The van der Waals surface area contributed by atoms with Gasteiger partial charge in [-0.05, 0) is 11.1 Å². The number of hydrogen-bond acceptors (Lipinski definition) is 2. The fraction of sp³-hybridized carbons (Fsp3) is 0.462. The first-order valence-corrected chi connectivity index (χ1v) is 6.12.